The Morgan fingerprint density at radius 2 is 1.50 bits per heavy atom. The van der Waals surface area contributed by atoms with Crippen LogP contribution in [0, 0.1) is 0 Å². The first-order chi connectivity index (χ1) is 9.93. The summed E-state index contributed by atoms with van der Waals surface area (Å²) in [5.74, 6) is 0. The fourth-order valence-corrected chi connectivity index (χ4v) is 2.06. The zero-order chi connectivity index (χ0) is 17.1. The Bertz CT molecular complexity index is 411. The average Bonchev–Trinajstić information content (AvgIpc) is 2.33. The lowest BCUT2D eigenvalue weighted by Gasteiger charge is -2.41. The van der Waals surface area contributed by atoms with Crippen LogP contribution >= 0.6 is 0 Å². The Balaban J connectivity index is 2.68. The molecule has 0 saturated carbocycles. The number of aliphatic hydroxyl groups excluding tert-OH is 1. The van der Waals surface area contributed by atoms with Gasteiger partial charge in [-0.15, -0.1) is 0 Å². The maximum Gasteiger partial charge on any atom is 0.410 e. The number of hydrogen-bond donors (Lipinski definition) is 1. The third-order valence-corrected chi connectivity index (χ3v) is 2.97. The van der Waals surface area contributed by atoms with Crippen LogP contribution in [0.2, 0.25) is 0 Å². The number of amides is 2. The van der Waals surface area contributed by atoms with E-state index in [4.69, 9.17) is 9.47 Å². The molecule has 1 saturated heterocycles. The van der Waals surface area contributed by atoms with Gasteiger partial charge >= 0.3 is 12.2 Å². The first kappa shape index (κ1) is 18.5. The Morgan fingerprint density at radius 1 is 1.00 bits per heavy atom. The maximum absolute atomic E-state index is 12.1. The molecule has 0 radical (unpaired) electrons. The highest BCUT2D eigenvalue weighted by Gasteiger charge is 2.35. The molecule has 0 spiro atoms. The van der Waals surface area contributed by atoms with E-state index in [0.29, 0.717) is 13.1 Å². The molecule has 128 valence electrons. The monoisotopic (exact) mass is 316 g/mol. The summed E-state index contributed by atoms with van der Waals surface area (Å²) in [5.41, 5.74) is -1.17. The molecule has 1 N–H and O–H groups in total. The molecular weight excluding hydrogens is 288 g/mol. The summed E-state index contributed by atoms with van der Waals surface area (Å²) in [5, 5.41) is 9.51. The fraction of sp³-hybridized carbons (Fsp3) is 0.867. The summed E-state index contributed by atoms with van der Waals surface area (Å²) in [4.78, 5) is 27.2. The number of carbonyl (C=O) groups excluding carboxylic acids is 2. The first-order valence-corrected chi connectivity index (χ1v) is 7.51. The van der Waals surface area contributed by atoms with Crippen LogP contribution in [-0.2, 0) is 9.47 Å². The molecule has 1 aliphatic heterocycles. The lowest BCUT2D eigenvalue weighted by atomic mass is 10.1. The second-order valence-corrected chi connectivity index (χ2v) is 7.44. The van der Waals surface area contributed by atoms with Crippen molar-refractivity contribution in [1.29, 1.82) is 0 Å². The molecule has 2 amide bonds. The van der Waals surface area contributed by atoms with Crippen LogP contribution in [0.5, 0.6) is 0 Å². The van der Waals surface area contributed by atoms with E-state index >= 15 is 0 Å². The zero-order valence-corrected chi connectivity index (χ0v) is 14.4. The van der Waals surface area contributed by atoms with Gasteiger partial charge < -0.3 is 19.5 Å². The lowest BCUT2D eigenvalue weighted by Crippen LogP contribution is -2.59. The van der Waals surface area contributed by atoms with Gasteiger partial charge in [0.1, 0.15) is 11.2 Å². The van der Waals surface area contributed by atoms with Gasteiger partial charge in [0.15, 0.2) is 0 Å². The number of nitrogens with zero attached hydrogens (tertiary/aromatic N) is 2. The number of hydrogen-bond acceptors (Lipinski definition) is 5. The van der Waals surface area contributed by atoms with Crippen molar-refractivity contribution in [1.82, 2.24) is 9.80 Å². The smallest absolute Gasteiger partial charge is 0.410 e. The quantitative estimate of drug-likeness (QED) is 0.798. The molecule has 1 aliphatic rings. The van der Waals surface area contributed by atoms with Crippen LogP contribution in [0.3, 0.4) is 0 Å². The summed E-state index contributed by atoms with van der Waals surface area (Å²) in [6.07, 6.45) is -0.912. The topological polar surface area (TPSA) is 79.3 Å². The molecule has 1 rings (SSSR count). The van der Waals surface area contributed by atoms with Crippen molar-refractivity contribution >= 4 is 12.2 Å². The fourth-order valence-electron chi connectivity index (χ4n) is 2.06. The summed E-state index contributed by atoms with van der Waals surface area (Å²) < 4.78 is 10.6. The molecule has 0 aromatic rings. The van der Waals surface area contributed by atoms with Crippen LogP contribution in [0.15, 0.2) is 0 Å². The van der Waals surface area contributed by atoms with E-state index in [1.807, 2.05) is 0 Å². The lowest BCUT2D eigenvalue weighted by molar-refractivity contribution is -0.0227. The summed E-state index contributed by atoms with van der Waals surface area (Å²) in [7, 11) is 0. The molecule has 22 heavy (non-hydrogen) atoms. The molecule has 7 heteroatoms. The Labute approximate surface area is 132 Å². The first-order valence-electron chi connectivity index (χ1n) is 7.51. The van der Waals surface area contributed by atoms with Gasteiger partial charge in [-0.25, -0.2) is 9.59 Å². The molecule has 1 unspecified atom stereocenters. The van der Waals surface area contributed by atoms with E-state index in [1.165, 1.54) is 9.80 Å². The van der Waals surface area contributed by atoms with Gasteiger partial charge in [-0.2, -0.15) is 0 Å². The molecule has 1 fully saturated rings. The summed E-state index contributed by atoms with van der Waals surface area (Å²) in [6, 6.07) is -0.490. The molecule has 0 bridgehead atoms. The van der Waals surface area contributed by atoms with E-state index < -0.39 is 29.4 Å². The minimum atomic E-state index is -0.598. The largest absolute Gasteiger partial charge is 0.444 e. The molecule has 0 aromatic carbocycles. The van der Waals surface area contributed by atoms with Crippen molar-refractivity contribution < 1.29 is 24.2 Å². The van der Waals surface area contributed by atoms with Gasteiger partial charge in [0.05, 0.1) is 12.6 Å². The molecule has 7 nitrogen and oxygen atoms in total. The van der Waals surface area contributed by atoms with Crippen molar-refractivity contribution in [3.8, 4) is 0 Å². The Morgan fingerprint density at radius 3 is 1.95 bits per heavy atom. The highest BCUT2D eigenvalue weighted by Crippen LogP contribution is 2.18. The third kappa shape index (κ3) is 5.71. The van der Waals surface area contributed by atoms with Crippen molar-refractivity contribution in [2.75, 3.05) is 26.2 Å². The van der Waals surface area contributed by atoms with Crippen LogP contribution in [-0.4, -0.2) is 70.6 Å². The van der Waals surface area contributed by atoms with Crippen molar-refractivity contribution in [2.24, 2.45) is 0 Å². The zero-order valence-electron chi connectivity index (χ0n) is 14.4. The number of aliphatic hydroxyl groups is 1. The van der Waals surface area contributed by atoms with E-state index in [-0.39, 0.29) is 13.2 Å². The van der Waals surface area contributed by atoms with E-state index in [9.17, 15) is 14.7 Å². The summed E-state index contributed by atoms with van der Waals surface area (Å²) in [6.45, 7) is 11.4. The number of piperazine rings is 1. The molecule has 0 aromatic heterocycles. The maximum atomic E-state index is 12.1. The minimum Gasteiger partial charge on any atom is -0.444 e. The molecule has 1 atom stereocenters. The second-order valence-electron chi connectivity index (χ2n) is 7.44. The number of rotatable bonds is 1. The van der Waals surface area contributed by atoms with E-state index in [1.54, 1.807) is 41.5 Å². The average molecular weight is 316 g/mol. The van der Waals surface area contributed by atoms with E-state index in [0.717, 1.165) is 0 Å². The van der Waals surface area contributed by atoms with Crippen LogP contribution in [0.1, 0.15) is 41.5 Å². The van der Waals surface area contributed by atoms with Gasteiger partial charge in [0.2, 0.25) is 0 Å². The number of ether oxygens (including phenoxy) is 2. The van der Waals surface area contributed by atoms with Gasteiger partial charge in [0.25, 0.3) is 0 Å². The Hall–Kier alpha value is -1.50. The van der Waals surface area contributed by atoms with Crippen LogP contribution in [0.25, 0.3) is 0 Å². The van der Waals surface area contributed by atoms with Crippen molar-refractivity contribution in [3.05, 3.63) is 0 Å². The van der Waals surface area contributed by atoms with Gasteiger partial charge in [-0.3, -0.25) is 4.90 Å². The summed E-state index contributed by atoms with van der Waals surface area (Å²) >= 11 is 0. The predicted molar refractivity (Wildman–Crippen MR) is 81.6 cm³/mol. The van der Waals surface area contributed by atoms with Crippen molar-refractivity contribution in [3.63, 3.8) is 0 Å². The number of carbonyl (C=O) groups is 2. The van der Waals surface area contributed by atoms with Gasteiger partial charge in [-0.05, 0) is 41.5 Å². The molecule has 1 heterocycles. The normalized spacial score (nSPS) is 19.9. The van der Waals surface area contributed by atoms with Crippen LogP contribution < -0.4 is 0 Å². The van der Waals surface area contributed by atoms with Crippen molar-refractivity contribution in [2.45, 2.75) is 58.8 Å². The third-order valence-electron chi connectivity index (χ3n) is 2.97. The highest BCUT2D eigenvalue weighted by atomic mass is 16.6. The van der Waals surface area contributed by atoms with E-state index in [2.05, 4.69) is 0 Å². The Kier molecular flexibility index (Phi) is 5.67. The molecular formula is C15H28N2O5. The second kappa shape index (κ2) is 6.73. The highest BCUT2D eigenvalue weighted by molar-refractivity contribution is 5.71. The van der Waals surface area contributed by atoms with Gasteiger partial charge in [0, 0.05) is 19.6 Å². The minimum absolute atomic E-state index is 0.227. The standard InChI is InChI=1S/C15H28N2O5/c1-14(2,3)21-12(19)16-7-8-17(11(9-16)10-18)13(20)22-15(4,5)6/h11,18H,7-10H2,1-6H3. The van der Waals surface area contributed by atoms with Crippen LogP contribution in [0.4, 0.5) is 9.59 Å². The predicted octanol–water partition coefficient (Wildman–Crippen LogP) is 1.84. The molecule has 0 aliphatic carbocycles. The SMILES string of the molecule is CC(C)(C)OC(=O)N1CCN(C(=O)OC(C)(C)C)C(CO)C1. The van der Waals surface area contributed by atoms with Gasteiger partial charge in [-0.1, -0.05) is 0 Å².